The highest BCUT2D eigenvalue weighted by Crippen LogP contribution is 2.37. The predicted octanol–water partition coefficient (Wildman–Crippen LogP) is 5.61. The maximum atomic E-state index is 12.9. The lowest BCUT2D eigenvalue weighted by atomic mass is 9.77. The number of hydrogen-bond acceptors (Lipinski definition) is 4. The first-order chi connectivity index (χ1) is 16.7. The van der Waals surface area contributed by atoms with E-state index in [0.717, 1.165) is 5.92 Å². The fourth-order valence-electron chi connectivity index (χ4n) is 5.00. The Hall–Kier alpha value is -2.37. The number of carbonyl (C=O) groups excluding carboxylic acids is 3. The minimum atomic E-state index is -0.758. The molecule has 0 heterocycles. The minimum Gasteiger partial charge on any atom is -0.467 e. The molecular formula is C29H46N2O4. The molecule has 2 atom stereocenters. The van der Waals surface area contributed by atoms with Crippen LogP contribution in [0.3, 0.4) is 0 Å². The van der Waals surface area contributed by atoms with Crippen molar-refractivity contribution in [2.45, 2.75) is 104 Å². The third-order valence-corrected chi connectivity index (χ3v) is 7.36. The van der Waals surface area contributed by atoms with Crippen LogP contribution in [0.25, 0.3) is 0 Å². The predicted molar refractivity (Wildman–Crippen MR) is 140 cm³/mol. The molecule has 0 unspecified atom stereocenters. The van der Waals surface area contributed by atoms with Crippen molar-refractivity contribution in [1.82, 2.24) is 10.6 Å². The number of unbranched alkanes of at least 4 members (excludes halogenated alkanes) is 2. The van der Waals surface area contributed by atoms with Gasteiger partial charge in [-0.1, -0.05) is 72.4 Å². The van der Waals surface area contributed by atoms with Crippen molar-refractivity contribution in [3.63, 3.8) is 0 Å². The summed E-state index contributed by atoms with van der Waals surface area (Å²) in [6.07, 6.45) is 10.4. The van der Waals surface area contributed by atoms with Crippen molar-refractivity contribution in [3.8, 4) is 0 Å². The molecule has 1 aromatic rings. The molecule has 0 aliphatic heterocycles. The van der Waals surface area contributed by atoms with E-state index >= 15 is 0 Å². The second kappa shape index (κ2) is 14.3. The van der Waals surface area contributed by atoms with Crippen molar-refractivity contribution in [2.75, 3.05) is 7.11 Å². The molecular weight excluding hydrogens is 440 g/mol. The van der Waals surface area contributed by atoms with Crippen LogP contribution in [-0.4, -0.2) is 37.0 Å². The smallest absolute Gasteiger partial charge is 0.328 e. The average Bonchev–Trinajstić information content (AvgIpc) is 2.85. The van der Waals surface area contributed by atoms with Crippen LogP contribution in [-0.2, 0) is 14.3 Å². The Morgan fingerprint density at radius 1 is 0.886 bits per heavy atom. The van der Waals surface area contributed by atoms with E-state index < -0.39 is 18.1 Å². The van der Waals surface area contributed by atoms with E-state index in [1.54, 1.807) is 0 Å². The number of methoxy groups -OCH3 is 1. The summed E-state index contributed by atoms with van der Waals surface area (Å²) in [6.45, 7) is 9.67. The van der Waals surface area contributed by atoms with Crippen LogP contribution in [0.2, 0.25) is 0 Å². The van der Waals surface area contributed by atoms with Crippen molar-refractivity contribution in [1.29, 1.82) is 0 Å². The Balaban J connectivity index is 1.96. The number of nitrogens with one attached hydrogen (secondary N) is 2. The molecule has 0 bridgehead atoms. The zero-order chi connectivity index (χ0) is 26.0. The topological polar surface area (TPSA) is 84.5 Å². The molecule has 0 aromatic heterocycles. The normalized spacial score (nSPS) is 19.8. The Morgan fingerprint density at radius 2 is 1.49 bits per heavy atom. The van der Waals surface area contributed by atoms with Gasteiger partial charge in [-0.15, -0.1) is 0 Å². The van der Waals surface area contributed by atoms with Gasteiger partial charge in [0.1, 0.15) is 12.1 Å². The summed E-state index contributed by atoms with van der Waals surface area (Å²) in [4.78, 5) is 37.9. The summed E-state index contributed by atoms with van der Waals surface area (Å²) in [5, 5.41) is 5.61. The highest BCUT2D eigenvalue weighted by atomic mass is 16.5. The summed E-state index contributed by atoms with van der Waals surface area (Å²) in [7, 11) is 1.30. The molecule has 35 heavy (non-hydrogen) atoms. The number of benzene rings is 1. The monoisotopic (exact) mass is 486 g/mol. The third-order valence-electron chi connectivity index (χ3n) is 7.36. The third kappa shape index (κ3) is 8.66. The summed E-state index contributed by atoms with van der Waals surface area (Å²) in [6, 6.07) is 6.33. The van der Waals surface area contributed by atoms with Gasteiger partial charge in [0.2, 0.25) is 5.91 Å². The molecule has 0 spiro atoms. The highest BCUT2D eigenvalue weighted by molar-refractivity contribution is 5.98. The average molecular weight is 487 g/mol. The van der Waals surface area contributed by atoms with Gasteiger partial charge in [-0.25, -0.2) is 4.79 Å². The van der Waals surface area contributed by atoms with Crippen LogP contribution in [0.15, 0.2) is 24.3 Å². The van der Waals surface area contributed by atoms with Crippen molar-refractivity contribution < 1.29 is 19.1 Å². The molecule has 2 amide bonds. The number of hydrogen-bond donors (Lipinski definition) is 2. The Labute approximate surface area is 212 Å². The summed E-state index contributed by atoms with van der Waals surface area (Å²) in [5.41, 5.74) is 1.83. The van der Waals surface area contributed by atoms with E-state index in [4.69, 9.17) is 4.74 Å². The molecule has 1 aromatic carbocycles. The van der Waals surface area contributed by atoms with E-state index in [1.807, 2.05) is 39.8 Å². The lowest BCUT2D eigenvalue weighted by Crippen LogP contribution is -2.55. The zero-order valence-electron chi connectivity index (χ0n) is 22.6. The lowest BCUT2D eigenvalue weighted by molar-refractivity contribution is -0.146. The maximum absolute atomic E-state index is 12.9. The van der Waals surface area contributed by atoms with Crippen LogP contribution in [0.4, 0.5) is 0 Å². The molecule has 1 fully saturated rings. The van der Waals surface area contributed by atoms with E-state index in [2.05, 4.69) is 29.7 Å². The van der Waals surface area contributed by atoms with Crippen LogP contribution in [0.5, 0.6) is 0 Å². The Bertz CT molecular complexity index is 810. The number of carbonyl (C=O) groups is 3. The molecule has 0 radical (unpaired) electrons. The van der Waals surface area contributed by atoms with Gasteiger partial charge in [0.05, 0.1) is 7.11 Å². The molecule has 1 aliphatic rings. The van der Waals surface area contributed by atoms with Crippen LogP contribution in [0, 0.1) is 17.8 Å². The van der Waals surface area contributed by atoms with Crippen molar-refractivity contribution in [2.24, 2.45) is 17.8 Å². The summed E-state index contributed by atoms with van der Waals surface area (Å²) in [5.74, 6) is -0.00163. The first-order valence-corrected chi connectivity index (χ1v) is 13.5. The number of amides is 2. The first-order valence-electron chi connectivity index (χ1n) is 13.5. The van der Waals surface area contributed by atoms with Gasteiger partial charge < -0.3 is 15.4 Å². The lowest BCUT2D eigenvalue weighted by Gasteiger charge is -2.29. The van der Waals surface area contributed by atoms with Crippen molar-refractivity contribution in [3.05, 3.63) is 35.4 Å². The minimum absolute atomic E-state index is 0.131. The number of rotatable bonds is 12. The zero-order valence-corrected chi connectivity index (χ0v) is 22.6. The second-order valence-corrected chi connectivity index (χ2v) is 10.8. The standard InChI is InChI=1S/C29H46N2O4/c1-7-8-9-10-21-11-13-22(14-12-21)23-15-17-24(18-16-23)27(32)30-25(19(2)3)28(33)31-26(20(4)5)29(34)35-6/h15-22,25-26H,7-14H2,1-6H3,(H,30,32)(H,31,33)/t21?,22?,25-,26+/m0/s1. The van der Waals surface area contributed by atoms with Gasteiger partial charge in [0.15, 0.2) is 0 Å². The maximum Gasteiger partial charge on any atom is 0.328 e. The number of esters is 1. The molecule has 1 saturated carbocycles. The van der Waals surface area contributed by atoms with Gasteiger partial charge >= 0.3 is 5.97 Å². The van der Waals surface area contributed by atoms with E-state index in [1.165, 1.54) is 64.0 Å². The van der Waals surface area contributed by atoms with Crippen molar-refractivity contribution >= 4 is 17.8 Å². The Kier molecular flexibility index (Phi) is 11.8. The highest BCUT2D eigenvalue weighted by Gasteiger charge is 2.31. The quantitative estimate of drug-likeness (QED) is 0.297. The van der Waals surface area contributed by atoms with E-state index in [-0.39, 0.29) is 23.7 Å². The molecule has 2 rings (SSSR count). The first kappa shape index (κ1) is 28.9. The SMILES string of the molecule is CCCCCC1CCC(c2ccc(C(=O)N[C@H](C(=O)N[C@@H](C(=O)OC)C(C)C)C(C)C)cc2)CC1. The summed E-state index contributed by atoms with van der Waals surface area (Å²) < 4.78 is 4.81. The molecule has 0 saturated heterocycles. The van der Waals surface area contributed by atoms with Crippen LogP contribution >= 0.6 is 0 Å². The van der Waals surface area contributed by atoms with Gasteiger partial charge in [-0.05, 0) is 67.1 Å². The molecule has 6 nitrogen and oxygen atoms in total. The summed E-state index contributed by atoms with van der Waals surface area (Å²) >= 11 is 0. The van der Waals surface area contributed by atoms with Gasteiger partial charge in [-0.3, -0.25) is 9.59 Å². The van der Waals surface area contributed by atoms with Crippen LogP contribution in [0.1, 0.15) is 108 Å². The van der Waals surface area contributed by atoms with Gasteiger partial charge in [0, 0.05) is 5.56 Å². The second-order valence-electron chi connectivity index (χ2n) is 10.8. The molecule has 196 valence electrons. The number of ether oxygens (including phenoxy) is 1. The van der Waals surface area contributed by atoms with Crippen LogP contribution < -0.4 is 10.6 Å². The fourth-order valence-corrected chi connectivity index (χ4v) is 5.00. The van der Waals surface area contributed by atoms with Gasteiger partial charge in [0.25, 0.3) is 5.91 Å². The molecule has 2 N–H and O–H groups in total. The largest absolute Gasteiger partial charge is 0.467 e. The van der Waals surface area contributed by atoms with E-state index in [9.17, 15) is 14.4 Å². The fraction of sp³-hybridized carbons (Fsp3) is 0.690. The van der Waals surface area contributed by atoms with Gasteiger partial charge in [-0.2, -0.15) is 0 Å². The molecule has 6 heteroatoms. The molecule has 1 aliphatic carbocycles. The van der Waals surface area contributed by atoms with E-state index in [0.29, 0.717) is 11.5 Å². The Morgan fingerprint density at radius 3 is 2.00 bits per heavy atom.